The SMILES string of the molecule is Cc1ccnc(-c2cc(C)ccn2)c1.Cn1cc(NC(=O)c2cc(NC(=O)c3nccn3C)cn2C)cc1C(=O)NCNc1cc2cccnc2c2ncccc12.[Ru].c1cnc2c(c1)c1nc3c(nc1c1cccnc12)CCCC3. The van der Waals surface area contributed by atoms with Crippen molar-refractivity contribution in [1.82, 2.24) is 63.9 Å². The van der Waals surface area contributed by atoms with Crippen molar-refractivity contribution in [2.24, 2.45) is 21.1 Å². The number of aromatic nitrogens is 12. The minimum atomic E-state index is -0.398. The van der Waals surface area contributed by atoms with Crippen molar-refractivity contribution in [2.75, 3.05) is 22.6 Å². The molecule has 3 amide bonds. The molecule has 0 spiro atoms. The zero-order chi connectivity index (χ0) is 54.6. The number of hydrogen-bond donors (Lipinski definition) is 4. The number of rotatable bonds is 9. The van der Waals surface area contributed by atoms with Gasteiger partial charge in [-0.1, -0.05) is 6.07 Å². The summed E-state index contributed by atoms with van der Waals surface area (Å²) in [6, 6.07) is 28.9. The molecule has 0 unspecified atom stereocenters. The first-order chi connectivity index (χ1) is 38.4. The van der Waals surface area contributed by atoms with Crippen LogP contribution in [-0.4, -0.2) is 82.9 Å². The van der Waals surface area contributed by atoms with Gasteiger partial charge in [-0.2, -0.15) is 0 Å². The third-order valence-corrected chi connectivity index (χ3v) is 13.6. The minimum absolute atomic E-state index is 0. The van der Waals surface area contributed by atoms with Gasteiger partial charge in [0.2, 0.25) is 0 Å². The summed E-state index contributed by atoms with van der Waals surface area (Å²) in [7, 11) is 5.15. The molecule has 13 rings (SSSR count). The van der Waals surface area contributed by atoms with Gasteiger partial charge in [-0.15, -0.1) is 0 Å². The van der Waals surface area contributed by atoms with Crippen LogP contribution in [0.4, 0.5) is 17.1 Å². The molecule has 0 bridgehead atoms. The number of nitrogens with zero attached hydrogens (tertiary/aromatic N) is 12. The van der Waals surface area contributed by atoms with Crippen LogP contribution in [0.1, 0.15) is 67.0 Å². The fourth-order valence-electron chi connectivity index (χ4n) is 9.71. The molecule has 1 aliphatic carbocycles. The first-order valence-electron chi connectivity index (χ1n) is 25.7. The molecule has 19 nitrogen and oxygen atoms in total. The molecule has 400 valence electrons. The molecule has 80 heavy (non-hydrogen) atoms. The second-order valence-electron chi connectivity index (χ2n) is 19.2. The predicted molar refractivity (Wildman–Crippen MR) is 307 cm³/mol. The van der Waals surface area contributed by atoms with E-state index in [9.17, 15) is 14.4 Å². The Morgan fingerprint density at radius 3 is 1.54 bits per heavy atom. The minimum Gasteiger partial charge on any atom is -0.367 e. The van der Waals surface area contributed by atoms with Gasteiger partial charge in [0.1, 0.15) is 11.4 Å². The summed E-state index contributed by atoms with van der Waals surface area (Å²) in [6.45, 7) is 4.28. The van der Waals surface area contributed by atoms with Gasteiger partial charge in [-0.3, -0.25) is 44.3 Å². The van der Waals surface area contributed by atoms with Crippen LogP contribution in [0.25, 0.3) is 66.0 Å². The van der Waals surface area contributed by atoms with E-state index >= 15 is 0 Å². The maximum Gasteiger partial charge on any atom is 0.291 e. The van der Waals surface area contributed by atoms with E-state index in [0.717, 1.165) is 95.9 Å². The molecule has 0 atom stereocenters. The maximum atomic E-state index is 13.0. The van der Waals surface area contributed by atoms with E-state index in [1.54, 1.807) is 78.0 Å². The van der Waals surface area contributed by atoms with Gasteiger partial charge in [0, 0.05) is 130 Å². The quantitative estimate of drug-likeness (QED) is 0.0600. The maximum absolute atomic E-state index is 13.0. The molecule has 0 fully saturated rings. The second-order valence-corrected chi connectivity index (χ2v) is 19.2. The van der Waals surface area contributed by atoms with Crippen LogP contribution in [0.3, 0.4) is 0 Å². The molecule has 20 heteroatoms. The van der Waals surface area contributed by atoms with Crippen molar-refractivity contribution in [2.45, 2.75) is 39.5 Å². The Labute approximate surface area is 472 Å². The molecule has 12 aromatic rings. The van der Waals surface area contributed by atoms with Crippen LogP contribution in [0.5, 0.6) is 0 Å². The van der Waals surface area contributed by atoms with Crippen LogP contribution in [-0.2, 0) is 53.5 Å². The van der Waals surface area contributed by atoms with Gasteiger partial charge in [0.25, 0.3) is 17.7 Å². The molecular weight excluding hydrogens is 1090 g/mol. The number of carbonyl (C=O) groups excluding carboxylic acids is 3. The summed E-state index contributed by atoms with van der Waals surface area (Å²) in [5, 5.41) is 15.6. The Hall–Kier alpha value is -9.68. The number of benzene rings is 2. The van der Waals surface area contributed by atoms with E-state index in [2.05, 4.69) is 82.1 Å². The molecule has 1 aliphatic rings. The number of aryl methyl sites for hydroxylation is 7. The molecule has 0 saturated carbocycles. The zero-order valence-electron chi connectivity index (χ0n) is 44.4. The summed E-state index contributed by atoms with van der Waals surface area (Å²) < 4.78 is 4.84. The molecule has 0 saturated heterocycles. The number of nitrogens with one attached hydrogen (secondary N) is 4. The van der Waals surface area contributed by atoms with Crippen molar-refractivity contribution in [3.63, 3.8) is 0 Å². The fourth-order valence-corrected chi connectivity index (χ4v) is 9.71. The average molecular weight is 1150 g/mol. The van der Waals surface area contributed by atoms with Gasteiger partial charge in [-0.05, 0) is 136 Å². The van der Waals surface area contributed by atoms with Crippen LogP contribution < -0.4 is 21.3 Å². The van der Waals surface area contributed by atoms with Gasteiger partial charge < -0.3 is 35.0 Å². The monoisotopic (exact) mass is 1150 g/mol. The fraction of sp³-hybridized carbons (Fsp3) is 0.167. The van der Waals surface area contributed by atoms with Crippen LogP contribution in [0.15, 0.2) is 153 Å². The molecular formula is C60H54N16O3Ru. The summed E-state index contributed by atoms with van der Waals surface area (Å²) >= 11 is 0. The summed E-state index contributed by atoms with van der Waals surface area (Å²) in [5.74, 6) is -0.857. The molecule has 10 aromatic heterocycles. The molecule has 2 aromatic carbocycles. The van der Waals surface area contributed by atoms with Crippen LogP contribution in [0, 0.1) is 13.8 Å². The second kappa shape index (κ2) is 23.5. The van der Waals surface area contributed by atoms with Crippen molar-refractivity contribution in [1.29, 1.82) is 0 Å². The average Bonchev–Trinajstić information content (AvgIpc) is 4.32. The van der Waals surface area contributed by atoms with E-state index in [0.29, 0.717) is 22.8 Å². The van der Waals surface area contributed by atoms with Gasteiger partial charge in [-0.25, -0.2) is 15.0 Å². The Bertz CT molecular complexity index is 4180. The molecule has 0 radical (unpaired) electrons. The number of anilines is 3. The first kappa shape index (κ1) is 53.7. The topological polar surface area (TPSA) is 230 Å². The van der Waals surface area contributed by atoms with E-state index in [1.165, 1.54) is 30.2 Å². The largest absolute Gasteiger partial charge is 0.367 e. The smallest absolute Gasteiger partial charge is 0.291 e. The van der Waals surface area contributed by atoms with Crippen LogP contribution in [0.2, 0.25) is 0 Å². The number of pyridine rings is 6. The van der Waals surface area contributed by atoms with Crippen molar-refractivity contribution >= 4 is 89.4 Å². The third kappa shape index (κ3) is 11.3. The Kier molecular flexibility index (Phi) is 15.8. The van der Waals surface area contributed by atoms with Gasteiger partial charge >= 0.3 is 0 Å². The summed E-state index contributed by atoms with van der Waals surface area (Å²) in [6.07, 6.45) is 21.7. The Morgan fingerprint density at radius 1 is 0.500 bits per heavy atom. The van der Waals surface area contributed by atoms with Crippen LogP contribution >= 0.6 is 0 Å². The van der Waals surface area contributed by atoms with E-state index in [1.807, 2.05) is 91.5 Å². The number of carbonyl (C=O) groups is 3. The Morgan fingerprint density at radius 2 is 1.00 bits per heavy atom. The van der Waals surface area contributed by atoms with Gasteiger partial charge in [0.15, 0.2) is 5.82 Å². The van der Waals surface area contributed by atoms with Crippen molar-refractivity contribution < 1.29 is 33.9 Å². The molecule has 10 heterocycles. The first-order valence-corrected chi connectivity index (χ1v) is 25.7. The van der Waals surface area contributed by atoms with Crippen molar-refractivity contribution in [3.8, 4) is 11.4 Å². The molecule has 4 N–H and O–H groups in total. The van der Waals surface area contributed by atoms with E-state index in [4.69, 9.17) is 9.97 Å². The normalized spacial score (nSPS) is 11.7. The number of amides is 3. The van der Waals surface area contributed by atoms with E-state index in [-0.39, 0.29) is 43.8 Å². The number of hydrogen-bond acceptors (Lipinski definition) is 13. The van der Waals surface area contributed by atoms with Gasteiger partial charge in [0.05, 0.1) is 73.9 Å². The summed E-state index contributed by atoms with van der Waals surface area (Å²) in [4.78, 5) is 79.2. The van der Waals surface area contributed by atoms with E-state index < -0.39 is 5.91 Å². The number of fused-ring (bicyclic) bond motifs is 10. The third-order valence-electron chi connectivity index (χ3n) is 13.6. The van der Waals surface area contributed by atoms with Crippen molar-refractivity contribution in [3.05, 3.63) is 193 Å². The predicted octanol–water partition coefficient (Wildman–Crippen LogP) is 9.86. The standard InChI is InChI=1S/C30H28N10O3.C18H14N4.C12H12N2.Ru/c1-38-11-10-33-27(38)30(43)37-20-14-24(40(3)16-20)29(42)36-19-13-23(39(2)15-19)28(41)35-17-34-22-12-18-6-4-8-31-25(18)26-21(22)7-5-9-32-26;1-2-8-14-13(7-1)21-17-11-5-3-9-19-15(11)16-12(18(17)22-14)6-4-10-20-16;1-9-3-5-13-11(7-9)12-8-10(2)4-6-14-12;/h4-16,34H,17H2,1-3H3,(H,35,41)(H,36,42)(H,37,43);3-6,9-10H,1-2,7-8H2;3-8H,1-2H3;. The Balaban J connectivity index is 0.000000160. The number of imidazole rings is 1. The summed E-state index contributed by atoms with van der Waals surface area (Å²) in [5.41, 5.74) is 14.4. The molecule has 0 aliphatic heterocycles. The zero-order valence-corrected chi connectivity index (χ0v) is 46.2.